The Morgan fingerprint density at radius 3 is 2.52 bits per heavy atom. The molecule has 166 valence electrons. The van der Waals surface area contributed by atoms with E-state index in [1.165, 1.54) is 57.8 Å². The molecule has 0 aromatic heterocycles. The normalized spacial score (nSPS) is 47.9. The van der Waals surface area contributed by atoms with Gasteiger partial charge in [0.2, 0.25) is 0 Å². The summed E-state index contributed by atoms with van der Waals surface area (Å²) >= 11 is 6.57. The van der Waals surface area contributed by atoms with Gasteiger partial charge in [-0.2, -0.15) is 0 Å². The zero-order valence-corrected chi connectivity index (χ0v) is 20.5. The van der Waals surface area contributed by atoms with Gasteiger partial charge in [0.15, 0.2) is 0 Å². The molecule has 0 radical (unpaired) electrons. The summed E-state index contributed by atoms with van der Waals surface area (Å²) in [6.07, 6.45) is 15.9. The maximum atomic E-state index is 6.93. The van der Waals surface area contributed by atoms with Gasteiger partial charge >= 0.3 is 0 Å². The Morgan fingerprint density at radius 2 is 1.79 bits per heavy atom. The van der Waals surface area contributed by atoms with E-state index in [2.05, 4.69) is 40.7 Å². The minimum atomic E-state index is 0.254. The fourth-order valence-electron chi connectivity index (χ4n) is 8.72. The molecular formula is C27H46ClN. The molecule has 0 spiro atoms. The van der Waals surface area contributed by atoms with Gasteiger partial charge in [-0.25, -0.2) is 0 Å². The van der Waals surface area contributed by atoms with Gasteiger partial charge < -0.3 is 5.73 Å². The molecule has 0 bridgehead atoms. The van der Waals surface area contributed by atoms with E-state index in [9.17, 15) is 0 Å². The second kappa shape index (κ2) is 8.16. The van der Waals surface area contributed by atoms with Crippen molar-refractivity contribution < 1.29 is 0 Å². The van der Waals surface area contributed by atoms with Crippen LogP contribution in [-0.4, -0.2) is 11.4 Å². The number of hydrogen-bond donors (Lipinski definition) is 1. The summed E-state index contributed by atoms with van der Waals surface area (Å²) < 4.78 is 0. The molecule has 2 heteroatoms. The summed E-state index contributed by atoms with van der Waals surface area (Å²) in [4.78, 5) is 0. The van der Waals surface area contributed by atoms with Crippen LogP contribution in [0.1, 0.15) is 98.8 Å². The highest BCUT2D eigenvalue weighted by atomic mass is 35.5. The predicted molar refractivity (Wildman–Crippen MR) is 126 cm³/mol. The Bertz CT molecular complexity index is 626. The van der Waals surface area contributed by atoms with Crippen LogP contribution >= 0.6 is 11.6 Å². The second-order valence-corrected chi connectivity index (χ2v) is 13.0. The van der Waals surface area contributed by atoms with Crippen molar-refractivity contribution in [3.8, 4) is 0 Å². The van der Waals surface area contributed by atoms with Crippen molar-refractivity contribution in [3.63, 3.8) is 0 Å². The average Bonchev–Trinajstić information content (AvgIpc) is 3.00. The number of allylic oxidation sites excluding steroid dienone is 1. The van der Waals surface area contributed by atoms with Crippen molar-refractivity contribution in [2.75, 3.05) is 0 Å². The third-order valence-corrected chi connectivity index (χ3v) is 10.7. The van der Waals surface area contributed by atoms with Gasteiger partial charge in [-0.1, -0.05) is 65.5 Å². The fourth-order valence-corrected chi connectivity index (χ4v) is 8.99. The zero-order chi connectivity index (χ0) is 21.0. The third-order valence-electron chi connectivity index (χ3n) is 10.3. The van der Waals surface area contributed by atoms with Crippen LogP contribution in [0.15, 0.2) is 11.6 Å². The SMILES string of the molecule is CC(C)CCC[C@@H](C)[C@@H]1CC[C@@H]2[C@H]3[C@H](N)C=C4C[C@@H](Cl)CC[C@]4(C)[C@@H]3CC[C@]21C. The first-order valence-electron chi connectivity index (χ1n) is 12.8. The topological polar surface area (TPSA) is 26.0 Å². The standard InChI is InChI=1S/C27H46ClN/c1-17(2)7-6-8-18(3)21-9-10-22-25-23(12-14-27(21,22)5)26(4)13-11-20(28)15-19(26)16-24(25)29/h16-18,20-25H,6-15,29H2,1-5H3/t18-,20+,21+,22-,23-,24-,25-,26+,27+/m1/s1. The van der Waals surface area contributed by atoms with E-state index in [0.29, 0.717) is 22.1 Å². The molecule has 29 heavy (non-hydrogen) atoms. The Hall–Kier alpha value is -0.0100. The smallest absolute Gasteiger partial charge is 0.0373 e. The summed E-state index contributed by atoms with van der Waals surface area (Å²) in [5.41, 5.74) is 9.42. The zero-order valence-electron chi connectivity index (χ0n) is 19.7. The molecule has 3 saturated carbocycles. The molecule has 4 aliphatic carbocycles. The summed E-state index contributed by atoms with van der Waals surface area (Å²) in [6.45, 7) is 12.5. The van der Waals surface area contributed by atoms with Gasteiger partial charge in [-0.15, -0.1) is 11.6 Å². The first-order valence-corrected chi connectivity index (χ1v) is 13.2. The van der Waals surface area contributed by atoms with E-state index in [1.807, 2.05) is 0 Å². The van der Waals surface area contributed by atoms with Crippen LogP contribution in [0.4, 0.5) is 0 Å². The lowest BCUT2D eigenvalue weighted by Gasteiger charge is -2.60. The Balaban J connectivity index is 1.54. The highest BCUT2D eigenvalue weighted by Crippen LogP contribution is 2.67. The molecule has 0 aliphatic heterocycles. The maximum Gasteiger partial charge on any atom is 0.0373 e. The molecule has 0 saturated heterocycles. The average molecular weight is 420 g/mol. The highest BCUT2D eigenvalue weighted by Gasteiger charge is 2.60. The lowest BCUT2D eigenvalue weighted by atomic mass is 9.46. The summed E-state index contributed by atoms with van der Waals surface area (Å²) in [5.74, 6) is 4.93. The van der Waals surface area contributed by atoms with Gasteiger partial charge in [0, 0.05) is 11.4 Å². The van der Waals surface area contributed by atoms with E-state index < -0.39 is 0 Å². The van der Waals surface area contributed by atoms with Crippen LogP contribution in [0.25, 0.3) is 0 Å². The molecule has 0 aromatic rings. The number of nitrogens with two attached hydrogens (primary N) is 1. The first-order chi connectivity index (χ1) is 13.7. The molecule has 0 aromatic carbocycles. The Labute approximate surface area is 185 Å². The minimum absolute atomic E-state index is 0.254. The van der Waals surface area contributed by atoms with Crippen LogP contribution in [0.3, 0.4) is 0 Å². The van der Waals surface area contributed by atoms with Crippen molar-refractivity contribution in [1.82, 2.24) is 0 Å². The van der Waals surface area contributed by atoms with E-state index in [1.54, 1.807) is 5.57 Å². The van der Waals surface area contributed by atoms with E-state index in [0.717, 1.165) is 36.0 Å². The molecule has 1 nitrogen and oxygen atoms in total. The van der Waals surface area contributed by atoms with Crippen molar-refractivity contribution in [2.45, 2.75) is 110 Å². The van der Waals surface area contributed by atoms with Crippen molar-refractivity contribution in [3.05, 3.63) is 11.6 Å². The number of fused-ring (bicyclic) bond motifs is 5. The summed E-state index contributed by atoms with van der Waals surface area (Å²) in [5, 5.41) is 0.328. The van der Waals surface area contributed by atoms with Gasteiger partial charge in [-0.05, 0) is 91.3 Å². The molecule has 3 fully saturated rings. The molecule has 9 atom stereocenters. The van der Waals surface area contributed by atoms with Crippen LogP contribution in [0.5, 0.6) is 0 Å². The van der Waals surface area contributed by atoms with Gasteiger partial charge in [0.1, 0.15) is 0 Å². The molecule has 4 aliphatic rings. The second-order valence-electron chi connectivity index (χ2n) is 12.3. The molecule has 0 heterocycles. The van der Waals surface area contributed by atoms with Gasteiger partial charge in [-0.3, -0.25) is 0 Å². The fraction of sp³-hybridized carbons (Fsp3) is 0.926. The van der Waals surface area contributed by atoms with Crippen LogP contribution in [0.2, 0.25) is 0 Å². The van der Waals surface area contributed by atoms with Gasteiger partial charge in [0.05, 0.1) is 0 Å². The maximum absolute atomic E-state index is 6.93. The summed E-state index contributed by atoms with van der Waals surface area (Å²) in [7, 11) is 0. The molecule has 0 amide bonds. The van der Waals surface area contributed by atoms with Crippen LogP contribution in [-0.2, 0) is 0 Å². The number of rotatable bonds is 5. The largest absolute Gasteiger partial charge is 0.324 e. The monoisotopic (exact) mass is 419 g/mol. The lowest BCUT2D eigenvalue weighted by Crippen LogP contribution is -2.56. The van der Waals surface area contributed by atoms with Crippen molar-refractivity contribution in [2.24, 2.45) is 52.1 Å². The Morgan fingerprint density at radius 1 is 1.03 bits per heavy atom. The highest BCUT2D eigenvalue weighted by molar-refractivity contribution is 6.20. The van der Waals surface area contributed by atoms with Crippen molar-refractivity contribution in [1.29, 1.82) is 0 Å². The summed E-state index contributed by atoms with van der Waals surface area (Å²) in [6, 6.07) is 0.254. The molecule has 2 N–H and O–H groups in total. The van der Waals surface area contributed by atoms with Crippen LogP contribution in [0, 0.1) is 46.3 Å². The minimum Gasteiger partial charge on any atom is -0.324 e. The van der Waals surface area contributed by atoms with E-state index in [4.69, 9.17) is 17.3 Å². The third kappa shape index (κ3) is 3.75. The number of hydrogen-bond acceptors (Lipinski definition) is 1. The lowest BCUT2D eigenvalue weighted by molar-refractivity contribution is -0.0561. The number of halogens is 1. The van der Waals surface area contributed by atoms with Crippen molar-refractivity contribution >= 4 is 11.6 Å². The molecule has 4 rings (SSSR count). The van der Waals surface area contributed by atoms with Gasteiger partial charge in [0.25, 0.3) is 0 Å². The van der Waals surface area contributed by atoms with Crippen LogP contribution < -0.4 is 5.73 Å². The quantitative estimate of drug-likeness (QED) is 0.360. The number of alkyl halides is 1. The van der Waals surface area contributed by atoms with E-state index >= 15 is 0 Å². The Kier molecular flexibility index (Phi) is 6.24. The predicted octanol–water partition coefficient (Wildman–Crippen LogP) is 7.57. The van der Waals surface area contributed by atoms with E-state index in [-0.39, 0.29) is 6.04 Å². The molecule has 0 unspecified atom stereocenters. The molecular weight excluding hydrogens is 374 g/mol. The first kappa shape index (κ1) is 22.2.